The molecule has 0 spiro atoms. The quantitative estimate of drug-likeness (QED) is 0.459. The van der Waals surface area contributed by atoms with E-state index < -0.39 is 24.8 Å². The van der Waals surface area contributed by atoms with Crippen molar-refractivity contribution in [1.82, 2.24) is 4.48 Å². The molecule has 0 amide bonds. The Morgan fingerprint density at radius 1 is 1.28 bits per heavy atom. The first kappa shape index (κ1) is 14.1. The number of hydrogen-bond donors (Lipinski definition) is 0. The Balaban J connectivity index is 2.05. The predicted molar refractivity (Wildman–Crippen MR) is 74.5 cm³/mol. The predicted octanol–water partition coefficient (Wildman–Crippen LogP) is 0.514. The van der Waals surface area contributed by atoms with Gasteiger partial charge < -0.3 is 0 Å². The van der Waals surface area contributed by atoms with Gasteiger partial charge in [0, 0.05) is 0 Å². The summed E-state index contributed by atoms with van der Waals surface area (Å²) in [5.41, 5.74) is 1.22. The molecule has 1 saturated heterocycles. The molecule has 2 rings (SSSR count). The zero-order valence-corrected chi connectivity index (χ0v) is 13.5. The van der Waals surface area contributed by atoms with E-state index in [0.717, 1.165) is 9.69 Å². The summed E-state index contributed by atoms with van der Waals surface area (Å²) in [7, 11) is 2.27. The third-order valence-electron chi connectivity index (χ3n) is 3.07. The summed E-state index contributed by atoms with van der Waals surface area (Å²) in [6, 6.07) is 8.42. The van der Waals surface area contributed by atoms with Crippen molar-refractivity contribution in [3.8, 4) is 0 Å². The van der Waals surface area contributed by atoms with E-state index >= 15 is 0 Å². The van der Waals surface area contributed by atoms with Crippen molar-refractivity contribution in [3.05, 3.63) is 24.3 Å². The van der Waals surface area contributed by atoms with E-state index in [2.05, 4.69) is 45.4 Å². The van der Waals surface area contributed by atoms with Crippen molar-refractivity contribution in [2.45, 2.75) is 9.91 Å². The maximum atomic E-state index is 10.7. The topological polar surface area (TPSA) is 57.2 Å². The fourth-order valence-corrected chi connectivity index (χ4v) is 9.76. The summed E-state index contributed by atoms with van der Waals surface area (Å²) in [5, 5.41) is 0.957. The second-order valence-electron chi connectivity index (χ2n) is 5.56. The third-order valence-corrected chi connectivity index (χ3v) is 9.81. The molecule has 1 aliphatic heterocycles. The van der Waals surface area contributed by atoms with Crippen LogP contribution in [0.1, 0.15) is 0 Å². The fraction of sp³-hybridized carbons (Fsp3) is 0.500. The van der Waals surface area contributed by atoms with Crippen LogP contribution < -0.4 is 8.83 Å². The molecule has 2 unspecified atom stereocenters. The van der Waals surface area contributed by atoms with Crippen LogP contribution in [0.15, 0.2) is 24.3 Å². The first-order chi connectivity index (χ1) is 8.17. The van der Waals surface area contributed by atoms with E-state index in [-0.39, 0.29) is 10.5 Å². The molecule has 0 radical (unpaired) electrons. The summed E-state index contributed by atoms with van der Waals surface area (Å²) >= 11 is -1.22. The van der Waals surface area contributed by atoms with E-state index in [9.17, 15) is 13.0 Å². The molecule has 1 aromatic rings. The van der Waals surface area contributed by atoms with E-state index in [4.69, 9.17) is 0 Å². The number of rotatable bonds is 4. The molecular formula is C12H18AsNO3S. The fourth-order valence-electron chi connectivity index (χ4n) is 1.97. The number of benzene rings is 1. The van der Waals surface area contributed by atoms with Gasteiger partial charge >= 0.3 is 113 Å². The van der Waals surface area contributed by atoms with Crippen LogP contribution in [-0.2, 0) is 10.1 Å². The van der Waals surface area contributed by atoms with Crippen LogP contribution in [0.2, 0.25) is 9.91 Å². The van der Waals surface area contributed by atoms with Gasteiger partial charge in [-0.05, 0) is 0 Å². The van der Waals surface area contributed by atoms with Gasteiger partial charge in [0.2, 0.25) is 0 Å². The zero-order chi connectivity index (χ0) is 13.6. The maximum absolute atomic E-state index is 10.7. The molecule has 2 atom stereocenters. The third kappa shape index (κ3) is 3.57. The molecule has 100 valence electrons. The molecule has 6 heteroatoms. The monoisotopic (exact) mass is 331 g/mol. The molecule has 1 fully saturated rings. The van der Waals surface area contributed by atoms with Crippen LogP contribution in [0.5, 0.6) is 0 Å². The van der Waals surface area contributed by atoms with Crippen LogP contribution in [0.4, 0.5) is 5.69 Å². The van der Waals surface area contributed by atoms with E-state index in [0.29, 0.717) is 0 Å². The van der Waals surface area contributed by atoms with E-state index in [1.54, 1.807) is 0 Å². The van der Waals surface area contributed by atoms with Crippen molar-refractivity contribution in [1.29, 1.82) is 0 Å². The molecule has 0 aromatic heterocycles. The molecule has 1 heterocycles. The second kappa shape index (κ2) is 4.64. The van der Waals surface area contributed by atoms with Crippen molar-refractivity contribution in [3.63, 3.8) is 0 Å². The normalized spacial score (nSPS) is 24.0. The second-order valence-corrected chi connectivity index (χ2v) is 12.4. The Kier molecular flexibility index (Phi) is 3.62. The van der Waals surface area contributed by atoms with Gasteiger partial charge in [-0.2, -0.15) is 0 Å². The standard InChI is InChI=1S/C12H18AsNO3S/c1-14(2,3)12-6-4-10(5-7-12)13-8-11(13)9-18(15,16)17/h4-7,11H,8-9H2,1-3H3. The Hall–Kier alpha value is -0.352. The van der Waals surface area contributed by atoms with E-state index in [1.807, 2.05) is 0 Å². The van der Waals surface area contributed by atoms with Gasteiger partial charge in [0.15, 0.2) is 0 Å². The minimum absolute atomic E-state index is 0.162. The average molecular weight is 331 g/mol. The van der Waals surface area contributed by atoms with Gasteiger partial charge in [-0.1, -0.05) is 0 Å². The van der Waals surface area contributed by atoms with Crippen LogP contribution in [0.25, 0.3) is 0 Å². The summed E-state index contributed by atoms with van der Waals surface area (Å²) in [4.78, 5) is 0. The van der Waals surface area contributed by atoms with Gasteiger partial charge in [0.25, 0.3) is 0 Å². The SMILES string of the molecule is C[N+](C)(C)c1ccc([As]2CC2CS(=O)(=O)[O-])cc1. The Morgan fingerprint density at radius 2 is 1.83 bits per heavy atom. The first-order valence-corrected chi connectivity index (χ1v) is 10.7. The summed E-state index contributed by atoms with van der Waals surface area (Å²) in [6.07, 6.45) is 0. The average Bonchev–Trinajstić information content (AvgIpc) is 2.93. The Morgan fingerprint density at radius 3 is 2.28 bits per heavy atom. The van der Waals surface area contributed by atoms with Crippen molar-refractivity contribution in [2.75, 3.05) is 26.9 Å². The molecule has 1 aromatic carbocycles. The van der Waals surface area contributed by atoms with Crippen LogP contribution in [0, 0.1) is 0 Å². The molecule has 0 bridgehead atoms. The molecule has 1 aliphatic rings. The first-order valence-electron chi connectivity index (χ1n) is 5.79. The number of quaternary nitrogens is 1. The van der Waals surface area contributed by atoms with Crippen molar-refractivity contribution >= 4 is 34.8 Å². The van der Waals surface area contributed by atoms with Crippen LogP contribution in [0.3, 0.4) is 0 Å². The molecule has 0 saturated carbocycles. The molecule has 4 nitrogen and oxygen atoms in total. The van der Waals surface area contributed by atoms with E-state index in [1.165, 1.54) is 10.0 Å². The Bertz CT molecular complexity index is 533. The zero-order valence-electron chi connectivity index (χ0n) is 10.8. The summed E-state index contributed by atoms with van der Waals surface area (Å²) in [5.74, 6) is -0.163. The van der Waals surface area contributed by atoms with Crippen molar-refractivity contribution < 1.29 is 13.0 Å². The molecular weight excluding hydrogens is 313 g/mol. The molecule has 18 heavy (non-hydrogen) atoms. The minimum atomic E-state index is -4.05. The number of nitrogens with zero attached hydrogens (tertiary/aromatic N) is 1. The number of hydrogen-bond acceptors (Lipinski definition) is 3. The van der Waals surface area contributed by atoms with Gasteiger partial charge in [-0.25, -0.2) is 0 Å². The molecule has 0 N–H and O–H groups in total. The Labute approximate surface area is 113 Å². The van der Waals surface area contributed by atoms with Crippen LogP contribution in [-0.4, -0.2) is 54.5 Å². The van der Waals surface area contributed by atoms with Gasteiger partial charge in [-0.15, -0.1) is 0 Å². The summed E-state index contributed by atoms with van der Waals surface area (Å²) in [6.45, 7) is 0. The summed E-state index contributed by atoms with van der Waals surface area (Å²) < 4.78 is 34.3. The van der Waals surface area contributed by atoms with Gasteiger partial charge in [0.1, 0.15) is 0 Å². The van der Waals surface area contributed by atoms with Gasteiger partial charge in [0.05, 0.1) is 0 Å². The van der Waals surface area contributed by atoms with Crippen molar-refractivity contribution in [2.24, 2.45) is 0 Å². The molecule has 0 aliphatic carbocycles. The van der Waals surface area contributed by atoms with Gasteiger partial charge in [-0.3, -0.25) is 0 Å². The van der Waals surface area contributed by atoms with Crippen LogP contribution >= 0.6 is 0 Å².